The van der Waals surface area contributed by atoms with Crippen LogP contribution in [0, 0.1) is 0 Å². The summed E-state index contributed by atoms with van der Waals surface area (Å²) in [5.41, 5.74) is 1.11. The normalized spacial score (nSPS) is 9.64. The first kappa shape index (κ1) is 8.74. The molecule has 0 amide bonds. The van der Waals surface area contributed by atoms with E-state index in [1.807, 2.05) is 12.3 Å². The summed E-state index contributed by atoms with van der Waals surface area (Å²) in [6.07, 6.45) is 0. The van der Waals surface area contributed by atoms with Crippen molar-refractivity contribution in [2.24, 2.45) is 0 Å². The van der Waals surface area contributed by atoms with Gasteiger partial charge < -0.3 is 5.32 Å². The molecule has 1 aromatic rings. The van der Waals surface area contributed by atoms with Gasteiger partial charge in [0.05, 0.1) is 0 Å². The molecule has 60 valence electrons. The third-order valence-electron chi connectivity index (χ3n) is 1.02. The van der Waals surface area contributed by atoms with Crippen molar-refractivity contribution in [3.8, 4) is 0 Å². The van der Waals surface area contributed by atoms with E-state index in [0.717, 1.165) is 21.9 Å². The largest absolute Gasteiger partial charge is 0.358 e. The molecule has 1 aromatic heterocycles. The summed E-state index contributed by atoms with van der Waals surface area (Å²) in [7, 11) is 0. The summed E-state index contributed by atoms with van der Waals surface area (Å²) in [6.45, 7) is 6.55. The average molecular weight is 233 g/mol. The molecule has 0 aliphatic carbocycles. The van der Waals surface area contributed by atoms with Crippen LogP contribution in [0.4, 0.5) is 5.13 Å². The van der Waals surface area contributed by atoms with Crippen molar-refractivity contribution in [2.45, 2.75) is 6.92 Å². The van der Waals surface area contributed by atoms with Crippen LogP contribution in [0.15, 0.2) is 22.1 Å². The molecule has 4 heteroatoms. The topological polar surface area (TPSA) is 24.9 Å². The van der Waals surface area contributed by atoms with Crippen molar-refractivity contribution in [3.63, 3.8) is 0 Å². The van der Waals surface area contributed by atoms with Crippen LogP contribution in [0.3, 0.4) is 0 Å². The highest BCUT2D eigenvalue weighted by Crippen LogP contribution is 2.19. The lowest BCUT2D eigenvalue weighted by Gasteiger charge is -1.99. The first-order chi connectivity index (χ1) is 5.18. The second kappa shape index (κ2) is 3.88. The van der Waals surface area contributed by atoms with Crippen LogP contribution in [0.25, 0.3) is 0 Å². The molecule has 0 unspecified atom stereocenters. The number of nitrogens with one attached hydrogen (secondary N) is 1. The van der Waals surface area contributed by atoms with Gasteiger partial charge in [0.15, 0.2) is 5.13 Å². The van der Waals surface area contributed by atoms with E-state index in [1.54, 1.807) is 11.3 Å². The molecule has 0 saturated carbocycles. The van der Waals surface area contributed by atoms with E-state index in [9.17, 15) is 0 Å². The van der Waals surface area contributed by atoms with Crippen molar-refractivity contribution in [1.29, 1.82) is 0 Å². The van der Waals surface area contributed by atoms with Gasteiger partial charge in [0.1, 0.15) is 4.60 Å². The van der Waals surface area contributed by atoms with Gasteiger partial charge in [-0.1, -0.05) is 12.2 Å². The summed E-state index contributed by atoms with van der Waals surface area (Å²) in [5.74, 6) is 0. The molecular weight excluding hydrogens is 224 g/mol. The van der Waals surface area contributed by atoms with E-state index >= 15 is 0 Å². The van der Waals surface area contributed by atoms with Gasteiger partial charge in [-0.15, -0.1) is 11.3 Å². The van der Waals surface area contributed by atoms with Gasteiger partial charge in [0, 0.05) is 11.9 Å². The summed E-state index contributed by atoms with van der Waals surface area (Å²) in [4.78, 5) is 4.17. The van der Waals surface area contributed by atoms with Crippen LogP contribution in [0.5, 0.6) is 0 Å². The van der Waals surface area contributed by atoms with Crippen LogP contribution in [-0.2, 0) is 0 Å². The molecule has 0 radical (unpaired) electrons. The molecule has 0 saturated heterocycles. The molecule has 0 aromatic carbocycles. The quantitative estimate of drug-likeness (QED) is 0.812. The molecule has 1 N–H and O–H groups in total. The molecule has 0 aliphatic heterocycles. The summed E-state index contributed by atoms with van der Waals surface area (Å²) < 4.78 is 0.881. The van der Waals surface area contributed by atoms with Gasteiger partial charge in [-0.2, -0.15) is 0 Å². The van der Waals surface area contributed by atoms with Gasteiger partial charge in [-0.25, -0.2) is 4.98 Å². The zero-order chi connectivity index (χ0) is 8.27. The van der Waals surface area contributed by atoms with E-state index in [1.165, 1.54) is 0 Å². The smallest absolute Gasteiger partial charge is 0.183 e. The maximum atomic E-state index is 4.17. The predicted octanol–water partition coefficient (Wildman–Crippen LogP) is 2.89. The summed E-state index contributed by atoms with van der Waals surface area (Å²) in [5, 5.41) is 6.02. The van der Waals surface area contributed by atoms with Crippen LogP contribution in [0.1, 0.15) is 6.92 Å². The summed E-state index contributed by atoms with van der Waals surface area (Å²) in [6, 6.07) is 0. The minimum Gasteiger partial charge on any atom is -0.358 e. The molecule has 2 nitrogen and oxygen atoms in total. The second-order valence-corrected chi connectivity index (χ2v) is 3.96. The molecule has 11 heavy (non-hydrogen) atoms. The Balaban J connectivity index is 2.45. The zero-order valence-electron chi connectivity index (χ0n) is 6.22. The maximum absolute atomic E-state index is 4.17. The fourth-order valence-electron chi connectivity index (χ4n) is 0.562. The van der Waals surface area contributed by atoms with E-state index in [2.05, 4.69) is 32.8 Å². The Hall–Kier alpha value is -0.350. The van der Waals surface area contributed by atoms with E-state index < -0.39 is 0 Å². The Bertz CT molecular complexity index is 257. The van der Waals surface area contributed by atoms with Crippen molar-refractivity contribution >= 4 is 32.4 Å². The lowest BCUT2D eigenvalue weighted by molar-refractivity contribution is 1.19. The number of hydrogen-bond donors (Lipinski definition) is 1. The molecule has 0 bridgehead atoms. The lowest BCUT2D eigenvalue weighted by atomic mass is 10.4. The molecule has 0 spiro atoms. The number of rotatable bonds is 3. The number of anilines is 1. The number of aromatic nitrogens is 1. The number of hydrogen-bond acceptors (Lipinski definition) is 3. The Kier molecular flexibility index (Phi) is 3.08. The Labute approximate surface area is 78.5 Å². The number of halogens is 1. The van der Waals surface area contributed by atoms with E-state index in [0.29, 0.717) is 0 Å². The maximum Gasteiger partial charge on any atom is 0.183 e. The number of thiazole rings is 1. The van der Waals surface area contributed by atoms with Gasteiger partial charge in [-0.3, -0.25) is 0 Å². The van der Waals surface area contributed by atoms with Gasteiger partial charge in [-0.05, 0) is 22.9 Å². The fraction of sp³-hybridized carbons (Fsp3) is 0.286. The van der Waals surface area contributed by atoms with Crippen LogP contribution in [-0.4, -0.2) is 11.5 Å². The predicted molar refractivity (Wildman–Crippen MR) is 53.1 cm³/mol. The van der Waals surface area contributed by atoms with Crippen molar-refractivity contribution in [3.05, 3.63) is 22.1 Å². The standard InChI is InChI=1S/C7H9BrN2S/c1-5(2)3-9-7-10-6(8)4-11-7/h4H,1,3H2,2H3,(H,9,10). The molecular formula is C7H9BrN2S. The van der Waals surface area contributed by atoms with E-state index in [-0.39, 0.29) is 0 Å². The second-order valence-electron chi connectivity index (χ2n) is 2.29. The Morgan fingerprint density at radius 2 is 2.64 bits per heavy atom. The highest BCUT2D eigenvalue weighted by Gasteiger charge is 1.96. The Morgan fingerprint density at radius 1 is 1.91 bits per heavy atom. The van der Waals surface area contributed by atoms with Crippen LogP contribution < -0.4 is 5.32 Å². The molecule has 1 heterocycles. The minimum atomic E-state index is 0.792. The average Bonchev–Trinajstić information content (AvgIpc) is 2.31. The summed E-state index contributed by atoms with van der Waals surface area (Å²) >= 11 is 4.86. The van der Waals surface area contributed by atoms with Gasteiger partial charge in [0.25, 0.3) is 0 Å². The molecule has 0 fully saturated rings. The molecule has 0 aliphatic rings. The highest BCUT2D eigenvalue weighted by atomic mass is 79.9. The van der Waals surface area contributed by atoms with Crippen LogP contribution in [0.2, 0.25) is 0 Å². The van der Waals surface area contributed by atoms with Crippen molar-refractivity contribution in [1.82, 2.24) is 4.98 Å². The zero-order valence-corrected chi connectivity index (χ0v) is 8.63. The van der Waals surface area contributed by atoms with Gasteiger partial charge >= 0.3 is 0 Å². The van der Waals surface area contributed by atoms with E-state index in [4.69, 9.17) is 0 Å². The Morgan fingerprint density at radius 3 is 3.09 bits per heavy atom. The first-order valence-corrected chi connectivity index (χ1v) is 4.85. The lowest BCUT2D eigenvalue weighted by Crippen LogP contribution is -2.00. The highest BCUT2D eigenvalue weighted by molar-refractivity contribution is 9.10. The first-order valence-electron chi connectivity index (χ1n) is 3.18. The van der Waals surface area contributed by atoms with Crippen LogP contribution >= 0.6 is 27.3 Å². The van der Waals surface area contributed by atoms with Crippen molar-refractivity contribution in [2.75, 3.05) is 11.9 Å². The van der Waals surface area contributed by atoms with Crippen molar-refractivity contribution < 1.29 is 0 Å². The van der Waals surface area contributed by atoms with Gasteiger partial charge in [0.2, 0.25) is 0 Å². The number of nitrogens with zero attached hydrogens (tertiary/aromatic N) is 1. The third kappa shape index (κ3) is 3.03. The SMILES string of the molecule is C=C(C)CNc1nc(Br)cs1. The monoisotopic (exact) mass is 232 g/mol. The minimum absolute atomic E-state index is 0.792. The molecule has 1 rings (SSSR count). The third-order valence-corrected chi connectivity index (χ3v) is 2.53. The molecule has 0 atom stereocenters. The fourth-order valence-corrected chi connectivity index (χ4v) is 1.71.